The van der Waals surface area contributed by atoms with Crippen LogP contribution in [-0.2, 0) is 4.79 Å². The normalized spacial score (nSPS) is 22.6. The van der Waals surface area contributed by atoms with Gasteiger partial charge in [-0.1, -0.05) is 23.2 Å². The molecule has 2 atom stereocenters. The quantitative estimate of drug-likeness (QED) is 0.871. The van der Waals surface area contributed by atoms with Crippen molar-refractivity contribution < 1.29 is 19.8 Å². The van der Waals surface area contributed by atoms with Crippen LogP contribution in [0.3, 0.4) is 0 Å². The molecule has 1 fully saturated rings. The Labute approximate surface area is 119 Å². The molecule has 0 radical (unpaired) electrons. The van der Waals surface area contributed by atoms with E-state index in [-0.39, 0.29) is 23.6 Å². The highest BCUT2D eigenvalue weighted by Gasteiger charge is 2.39. The Morgan fingerprint density at radius 3 is 2.53 bits per heavy atom. The van der Waals surface area contributed by atoms with Gasteiger partial charge in [-0.2, -0.15) is 0 Å². The molecule has 1 aliphatic rings. The Hall–Kier alpha value is -1.30. The predicted octanol–water partition coefficient (Wildman–Crippen LogP) is 1.65. The van der Waals surface area contributed by atoms with E-state index in [0.717, 1.165) is 4.90 Å². The molecule has 5 nitrogen and oxygen atoms in total. The zero-order chi connectivity index (χ0) is 14.2. The molecule has 0 spiro atoms. The van der Waals surface area contributed by atoms with Gasteiger partial charge in [0.1, 0.15) is 6.04 Å². The van der Waals surface area contributed by atoms with Crippen LogP contribution >= 0.6 is 23.2 Å². The van der Waals surface area contributed by atoms with Crippen LogP contribution in [0.2, 0.25) is 10.0 Å². The highest BCUT2D eigenvalue weighted by Crippen LogP contribution is 2.26. The number of carboxylic acid groups (broad SMARTS) is 1. The molecule has 1 aliphatic heterocycles. The van der Waals surface area contributed by atoms with Crippen molar-refractivity contribution in [3.8, 4) is 0 Å². The standard InChI is InChI=1S/C12H11Cl2NO4/c13-8-2-1-6(3-9(8)14)11(17)15-5-7(16)4-10(15)12(18)19/h1-3,7,10,16H,4-5H2,(H,18,19). The molecule has 0 saturated carbocycles. The van der Waals surface area contributed by atoms with Gasteiger partial charge in [0.25, 0.3) is 5.91 Å². The summed E-state index contributed by atoms with van der Waals surface area (Å²) in [5.41, 5.74) is 0.245. The summed E-state index contributed by atoms with van der Waals surface area (Å²) in [6, 6.07) is 3.31. The molecule has 0 aromatic heterocycles. The van der Waals surface area contributed by atoms with Gasteiger partial charge in [-0.05, 0) is 18.2 Å². The molecule has 102 valence electrons. The van der Waals surface area contributed by atoms with Crippen molar-refractivity contribution in [2.45, 2.75) is 18.6 Å². The molecule has 0 bridgehead atoms. The summed E-state index contributed by atoms with van der Waals surface area (Å²) in [6.45, 7) is -0.00392. The first-order chi connectivity index (χ1) is 8.90. The second-order valence-corrected chi connectivity index (χ2v) is 5.14. The van der Waals surface area contributed by atoms with Gasteiger partial charge in [0.15, 0.2) is 0 Å². The number of aliphatic hydroxyl groups is 1. The number of hydrogen-bond acceptors (Lipinski definition) is 3. The molecule has 1 saturated heterocycles. The average Bonchev–Trinajstić information content (AvgIpc) is 2.74. The van der Waals surface area contributed by atoms with Crippen LogP contribution in [0.5, 0.6) is 0 Å². The molecular formula is C12H11Cl2NO4. The van der Waals surface area contributed by atoms with Crippen molar-refractivity contribution in [1.82, 2.24) is 4.90 Å². The lowest BCUT2D eigenvalue weighted by atomic mass is 10.1. The van der Waals surface area contributed by atoms with Gasteiger partial charge in [-0.25, -0.2) is 4.79 Å². The number of hydrogen-bond donors (Lipinski definition) is 2. The van der Waals surface area contributed by atoms with E-state index in [2.05, 4.69) is 0 Å². The van der Waals surface area contributed by atoms with E-state index in [1.165, 1.54) is 18.2 Å². The van der Waals surface area contributed by atoms with Crippen LogP contribution in [-0.4, -0.2) is 45.7 Å². The highest BCUT2D eigenvalue weighted by molar-refractivity contribution is 6.42. The number of carbonyl (C=O) groups is 2. The zero-order valence-corrected chi connectivity index (χ0v) is 11.2. The molecule has 0 aliphatic carbocycles. The predicted molar refractivity (Wildman–Crippen MR) is 69.5 cm³/mol. The number of rotatable bonds is 2. The number of carbonyl (C=O) groups excluding carboxylic acids is 1. The number of β-amino-alcohol motifs (C(OH)–C–C–N with tert-alkyl or cyclic N) is 1. The second kappa shape index (κ2) is 5.36. The van der Waals surface area contributed by atoms with Crippen molar-refractivity contribution >= 4 is 35.1 Å². The minimum absolute atomic E-state index is 0.00392. The maximum atomic E-state index is 12.2. The SMILES string of the molecule is O=C(O)C1CC(O)CN1C(=O)c1ccc(Cl)c(Cl)c1. The van der Waals surface area contributed by atoms with E-state index in [0.29, 0.717) is 5.02 Å². The van der Waals surface area contributed by atoms with E-state index < -0.39 is 24.0 Å². The van der Waals surface area contributed by atoms with E-state index in [1.54, 1.807) is 0 Å². The molecule has 2 N–H and O–H groups in total. The highest BCUT2D eigenvalue weighted by atomic mass is 35.5. The lowest BCUT2D eigenvalue weighted by Gasteiger charge is -2.21. The van der Waals surface area contributed by atoms with Gasteiger partial charge in [-0.15, -0.1) is 0 Å². The molecule has 1 amide bonds. The van der Waals surface area contributed by atoms with Gasteiger partial charge in [0.2, 0.25) is 0 Å². The summed E-state index contributed by atoms with van der Waals surface area (Å²) in [5, 5.41) is 19.1. The van der Waals surface area contributed by atoms with Crippen LogP contribution in [0.15, 0.2) is 18.2 Å². The van der Waals surface area contributed by atoms with Crippen LogP contribution in [0.25, 0.3) is 0 Å². The van der Waals surface area contributed by atoms with Gasteiger partial charge < -0.3 is 15.1 Å². The average molecular weight is 304 g/mol. The monoisotopic (exact) mass is 303 g/mol. The molecule has 2 rings (SSSR count). The number of likely N-dealkylation sites (tertiary alicyclic amines) is 1. The molecule has 1 aromatic carbocycles. The summed E-state index contributed by atoms with van der Waals surface area (Å²) in [6.07, 6.45) is -0.796. The fourth-order valence-electron chi connectivity index (χ4n) is 2.07. The molecule has 19 heavy (non-hydrogen) atoms. The first-order valence-electron chi connectivity index (χ1n) is 5.57. The molecule has 7 heteroatoms. The molecule has 1 heterocycles. The van der Waals surface area contributed by atoms with Gasteiger partial charge in [0, 0.05) is 18.5 Å². The van der Waals surface area contributed by atoms with Crippen LogP contribution in [0, 0.1) is 0 Å². The van der Waals surface area contributed by atoms with Gasteiger partial charge in [-0.3, -0.25) is 4.79 Å². The Kier molecular flexibility index (Phi) is 3.99. The van der Waals surface area contributed by atoms with Crippen molar-refractivity contribution in [3.63, 3.8) is 0 Å². The minimum atomic E-state index is -1.13. The zero-order valence-electron chi connectivity index (χ0n) is 9.72. The Morgan fingerprint density at radius 2 is 1.95 bits per heavy atom. The van der Waals surface area contributed by atoms with Crippen LogP contribution in [0.4, 0.5) is 0 Å². The topological polar surface area (TPSA) is 77.8 Å². The number of nitrogens with zero attached hydrogens (tertiary/aromatic N) is 1. The molecule has 1 aromatic rings. The van der Waals surface area contributed by atoms with Crippen molar-refractivity contribution in [3.05, 3.63) is 33.8 Å². The van der Waals surface area contributed by atoms with Gasteiger partial charge >= 0.3 is 5.97 Å². The van der Waals surface area contributed by atoms with Crippen LogP contribution in [0.1, 0.15) is 16.8 Å². The number of carboxylic acids is 1. The largest absolute Gasteiger partial charge is 0.480 e. The maximum absolute atomic E-state index is 12.2. The van der Waals surface area contributed by atoms with Crippen LogP contribution < -0.4 is 0 Å². The Morgan fingerprint density at radius 1 is 1.26 bits per heavy atom. The van der Waals surface area contributed by atoms with E-state index in [9.17, 15) is 14.7 Å². The third-order valence-corrected chi connectivity index (χ3v) is 3.73. The summed E-state index contributed by atoms with van der Waals surface area (Å²) in [5.74, 6) is -1.62. The summed E-state index contributed by atoms with van der Waals surface area (Å²) >= 11 is 11.6. The molecular weight excluding hydrogens is 293 g/mol. The number of amides is 1. The fourth-order valence-corrected chi connectivity index (χ4v) is 2.37. The number of benzene rings is 1. The maximum Gasteiger partial charge on any atom is 0.326 e. The summed E-state index contributed by atoms with van der Waals surface area (Å²) in [4.78, 5) is 24.4. The van der Waals surface area contributed by atoms with E-state index >= 15 is 0 Å². The lowest BCUT2D eigenvalue weighted by Crippen LogP contribution is -2.40. The third-order valence-electron chi connectivity index (χ3n) is 2.99. The first-order valence-corrected chi connectivity index (χ1v) is 6.32. The van der Waals surface area contributed by atoms with E-state index in [1.807, 2.05) is 0 Å². The number of aliphatic hydroxyl groups excluding tert-OH is 1. The Bertz CT molecular complexity index is 534. The summed E-state index contributed by atoms with van der Waals surface area (Å²) < 4.78 is 0. The van der Waals surface area contributed by atoms with Crippen molar-refractivity contribution in [1.29, 1.82) is 0 Å². The van der Waals surface area contributed by atoms with E-state index in [4.69, 9.17) is 28.3 Å². The smallest absolute Gasteiger partial charge is 0.326 e. The number of halogens is 2. The van der Waals surface area contributed by atoms with Gasteiger partial charge in [0.05, 0.1) is 16.1 Å². The van der Waals surface area contributed by atoms with Crippen molar-refractivity contribution in [2.75, 3.05) is 6.54 Å². The Balaban J connectivity index is 2.27. The van der Waals surface area contributed by atoms with Crippen molar-refractivity contribution in [2.24, 2.45) is 0 Å². The third kappa shape index (κ3) is 2.83. The molecule has 2 unspecified atom stereocenters. The second-order valence-electron chi connectivity index (χ2n) is 4.33. The lowest BCUT2D eigenvalue weighted by molar-refractivity contribution is -0.141. The fraction of sp³-hybridized carbons (Fsp3) is 0.333. The summed E-state index contributed by atoms with van der Waals surface area (Å²) in [7, 11) is 0. The first kappa shape index (κ1) is 14.1. The number of aliphatic carboxylic acids is 1. The minimum Gasteiger partial charge on any atom is -0.480 e.